The van der Waals surface area contributed by atoms with Crippen LogP contribution in [0.4, 0.5) is 13.2 Å². The topological polar surface area (TPSA) is 0 Å². The van der Waals surface area contributed by atoms with Crippen molar-refractivity contribution in [1.29, 1.82) is 0 Å². The summed E-state index contributed by atoms with van der Waals surface area (Å²) in [5, 5.41) is 6.53. The number of aryl methyl sites for hydroxylation is 3. The third kappa shape index (κ3) is 3.86. The Labute approximate surface area is 214 Å². The first-order chi connectivity index (χ1) is 17.7. The van der Waals surface area contributed by atoms with Crippen LogP contribution in [0.15, 0.2) is 97.1 Å². The molecule has 0 aromatic heterocycles. The lowest BCUT2D eigenvalue weighted by atomic mass is 9.88. The summed E-state index contributed by atoms with van der Waals surface area (Å²) >= 11 is 0. The summed E-state index contributed by atoms with van der Waals surface area (Å²) < 4.78 is 41.0. The zero-order chi connectivity index (χ0) is 25.9. The van der Waals surface area contributed by atoms with Crippen LogP contribution in [0.5, 0.6) is 0 Å². The van der Waals surface area contributed by atoms with Gasteiger partial charge in [0.05, 0.1) is 5.56 Å². The van der Waals surface area contributed by atoms with E-state index >= 15 is 0 Å². The highest BCUT2D eigenvalue weighted by atomic mass is 19.4. The Morgan fingerprint density at radius 3 is 1.73 bits per heavy atom. The molecule has 0 amide bonds. The van der Waals surface area contributed by atoms with Crippen molar-refractivity contribution in [2.75, 3.05) is 0 Å². The number of fused-ring (bicyclic) bond motifs is 5. The van der Waals surface area contributed by atoms with Crippen molar-refractivity contribution in [3.05, 3.63) is 119 Å². The molecule has 3 heteroatoms. The van der Waals surface area contributed by atoms with Crippen LogP contribution < -0.4 is 0 Å². The molecule has 0 saturated heterocycles. The molecule has 0 atom stereocenters. The van der Waals surface area contributed by atoms with E-state index in [0.717, 1.165) is 43.6 Å². The molecule has 6 aromatic carbocycles. The number of benzene rings is 6. The van der Waals surface area contributed by atoms with Crippen LogP contribution in [0.1, 0.15) is 22.3 Å². The quantitative estimate of drug-likeness (QED) is 0.212. The van der Waals surface area contributed by atoms with Gasteiger partial charge in [-0.25, -0.2) is 0 Å². The Balaban J connectivity index is 1.67. The number of halogens is 3. The first kappa shape index (κ1) is 23.3. The second-order valence-electron chi connectivity index (χ2n) is 9.86. The van der Waals surface area contributed by atoms with E-state index in [1.54, 1.807) is 12.1 Å². The minimum Gasteiger partial charge on any atom is -0.166 e. The normalized spacial score (nSPS) is 12.1. The monoisotopic (exact) mass is 490 g/mol. The first-order valence-corrected chi connectivity index (χ1v) is 12.4. The van der Waals surface area contributed by atoms with E-state index in [2.05, 4.69) is 74.5 Å². The van der Waals surface area contributed by atoms with Gasteiger partial charge < -0.3 is 0 Å². The number of hydrogen-bond acceptors (Lipinski definition) is 0. The summed E-state index contributed by atoms with van der Waals surface area (Å²) in [5.74, 6) is 0. The van der Waals surface area contributed by atoms with Gasteiger partial charge in [-0.15, -0.1) is 0 Å². The molecule has 182 valence electrons. The van der Waals surface area contributed by atoms with E-state index in [9.17, 15) is 13.2 Å². The van der Waals surface area contributed by atoms with Crippen molar-refractivity contribution in [3.63, 3.8) is 0 Å². The number of rotatable bonds is 2. The second kappa shape index (κ2) is 8.48. The minimum absolute atomic E-state index is 0.228. The Morgan fingerprint density at radius 2 is 1.00 bits per heavy atom. The van der Waals surface area contributed by atoms with E-state index in [0.29, 0.717) is 5.56 Å². The fourth-order valence-corrected chi connectivity index (χ4v) is 5.44. The molecule has 0 heterocycles. The molecule has 0 radical (unpaired) electrons. The second-order valence-corrected chi connectivity index (χ2v) is 9.86. The Morgan fingerprint density at radius 1 is 0.432 bits per heavy atom. The van der Waals surface area contributed by atoms with Crippen molar-refractivity contribution < 1.29 is 13.2 Å². The van der Waals surface area contributed by atoms with Gasteiger partial charge in [0.15, 0.2) is 0 Å². The number of alkyl halides is 3. The highest BCUT2D eigenvalue weighted by Crippen LogP contribution is 2.41. The predicted octanol–water partition coefficient (Wildman–Crippen LogP) is 10.4. The van der Waals surface area contributed by atoms with Gasteiger partial charge >= 0.3 is 6.18 Å². The molecule has 0 saturated carbocycles. The fraction of sp³-hybridized carbons (Fsp3) is 0.118. The van der Waals surface area contributed by atoms with Crippen molar-refractivity contribution in [2.45, 2.75) is 26.9 Å². The molecule has 37 heavy (non-hydrogen) atoms. The molecule has 0 unspecified atom stereocenters. The Kier molecular flexibility index (Phi) is 5.34. The average Bonchev–Trinajstić information content (AvgIpc) is 2.89. The Hall–Kier alpha value is -4.11. The van der Waals surface area contributed by atoms with Crippen LogP contribution in [0.25, 0.3) is 54.6 Å². The lowest BCUT2D eigenvalue weighted by Crippen LogP contribution is -2.07. The van der Waals surface area contributed by atoms with Crippen LogP contribution in [0.3, 0.4) is 0 Å². The zero-order valence-corrected chi connectivity index (χ0v) is 20.9. The Bertz CT molecular complexity index is 1840. The summed E-state index contributed by atoms with van der Waals surface area (Å²) in [4.78, 5) is 0. The minimum atomic E-state index is -4.39. The number of hydrogen-bond donors (Lipinski definition) is 0. The van der Waals surface area contributed by atoms with Crippen molar-refractivity contribution in [2.24, 2.45) is 0 Å². The van der Waals surface area contributed by atoms with Crippen molar-refractivity contribution >= 4 is 32.3 Å². The SMILES string of the molecule is Cc1ccc(-c2cc3c4cccc(-c5ccc(C)c(C(F)(F)F)c5)c4ccc3c3ccccc23)cc1C. The lowest BCUT2D eigenvalue weighted by Gasteiger charge is -2.16. The van der Waals surface area contributed by atoms with Gasteiger partial charge in [-0.05, 0) is 104 Å². The maximum absolute atomic E-state index is 13.7. The summed E-state index contributed by atoms with van der Waals surface area (Å²) in [6.45, 7) is 5.74. The molecular formula is C34H25F3. The third-order valence-corrected chi connectivity index (χ3v) is 7.57. The van der Waals surface area contributed by atoms with Crippen molar-refractivity contribution in [1.82, 2.24) is 0 Å². The molecule has 0 bridgehead atoms. The van der Waals surface area contributed by atoms with E-state index in [-0.39, 0.29) is 5.56 Å². The summed E-state index contributed by atoms with van der Waals surface area (Å²) in [7, 11) is 0. The maximum Gasteiger partial charge on any atom is 0.416 e. The van der Waals surface area contributed by atoms with E-state index in [1.807, 2.05) is 18.2 Å². The van der Waals surface area contributed by atoms with Crippen LogP contribution in [-0.4, -0.2) is 0 Å². The lowest BCUT2D eigenvalue weighted by molar-refractivity contribution is -0.138. The zero-order valence-electron chi connectivity index (χ0n) is 20.9. The summed E-state index contributed by atoms with van der Waals surface area (Å²) in [6, 6.07) is 31.9. The molecule has 0 aliphatic heterocycles. The maximum atomic E-state index is 13.7. The van der Waals surface area contributed by atoms with E-state index < -0.39 is 11.7 Å². The highest BCUT2D eigenvalue weighted by molar-refractivity contribution is 6.22. The molecule has 0 fully saturated rings. The molecule has 6 aromatic rings. The van der Waals surface area contributed by atoms with Gasteiger partial charge in [-0.3, -0.25) is 0 Å². The largest absolute Gasteiger partial charge is 0.416 e. The highest BCUT2D eigenvalue weighted by Gasteiger charge is 2.32. The van der Waals surface area contributed by atoms with Gasteiger partial charge in [-0.1, -0.05) is 84.9 Å². The van der Waals surface area contributed by atoms with Crippen molar-refractivity contribution in [3.8, 4) is 22.3 Å². The first-order valence-electron chi connectivity index (χ1n) is 12.4. The van der Waals surface area contributed by atoms with Gasteiger partial charge in [-0.2, -0.15) is 13.2 Å². The van der Waals surface area contributed by atoms with Crippen LogP contribution >= 0.6 is 0 Å². The third-order valence-electron chi connectivity index (χ3n) is 7.57. The van der Waals surface area contributed by atoms with Crippen LogP contribution in [0.2, 0.25) is 0 Å². The summed E-state index contributed by atoms with van der Waals surface area (Å²) in [6.07, 6.45) is -4.39. The van der Waals surface area contributed by atoms with Gasteiger partial charge in [0.2, 0.25) is 0 Å². The molecule has 0 spiro atoms. The van der Waals surface area contributed by atoms with Crippen LogP contribution in [0, 0.1) is 20.8 Å². The molecular weight excluding hydrogens is 465 g/mol. The van der Waals surface area contributed by atoms with E-state index in [1.165, 1.54) is 29.5 Å². The smallest absolute Gasteiger partial charge is 0.166 e. The van der Waals surface area contributed by atoms with E-state index in [4.69, 9.17) is 0 Å². The average molecular weight is 491 g/mol. The predicted molar refractivity (Wildman–Crippen MR) is 149 cm³/mol. The summed E-state index contributed by atoms with van der Waals surface area (Å²) in [5.41, 5.74) is 5.80. The molecule has 0 N–H and O–H groups in total. The molecule has 0 aliphatic carbocycles. The standard InChI is InChI=1S/C34H25F3/c1-20-11-13-23(17-22(20)3)31-19-32-28-10-6-9-25(24-14-12-21(2)33(18-24)34(35,36)37)29(28)15-16-30(32)26-7-4-5-8-27(26)31/h4-19H,1-3H3. The molecule has 0 nitrogen and oxygen atoms in total. The van der Waals surface area contributed by atoms with Crippen LogP contribution in [-0.2, 0) is 6.18 Å². The van der Waals surface area contributed by atoms with Gasteiger partial charge in [0.25, 0.3) is 0 Å². The molecule has 6 rings (SSSR count). The van der Waals surface area contributed by atoms with Gasteiger partial charge in [0, 0.05) is 0 Å². The fourth-order valence-electron chi connectivity index (χ4n) is 5.44. The van der Waals surface area contributed by atoms with Gasteiger partial charge in [0.1, 0.15) is 0 Å². The molecule has 0 aliphatic rings.